The molecule has 0 unspecified atom stereocenters. The van der Waals surface area contributed by atoms with Gasteiger partial charge in [-0.25, -0.2) is 0 Å². The Morgan fingerprint density at radius 1 is 0.292 bits per heavy atom. The molecule has 0 spiro atoms. The second kappa shape index (κ2) is 16.5. The van der Waals surface area contributed by atoms with Gasteiger partial charge in [-0.15, -0.1) is 0 Å². The Labute approximate surface area is 382 Å². The number of hydrogen-bond acceptors (Lipinski definition) is 3. The monoisotopic (exact) mass is 835 g/mol. The van der Waals surface area contributed by atoms with Crippen LogP contribution in [-0.4, -0.2) is 0 Å². The first-order valence-electron chi connectivity index (χ1n) is 22.5. The molecule has 0 saturated carbocycles. The van der Waals surface area contributed by atoms with Crippen molar-refractivity contribution in [1.29, 1.82) is 0 Å². The lowest BCUT2D eigenvalue weighted by atomic mass is 9.82. The largest absolute Gasteiger partial charge is 0.310 e. The third kappa shape index (κ3) is 7.31. The molecule has 10 aromatic carbocycles. The van der Waals surface area contributed by atoms with Crippen molar-refractivity contribution in [2.24, 2.45) is 0 Å². The molecule has 0 aliphatic heterocycles. The maximum Gasteiger partial charge on any atom is 0.0503 e. The van der Waals surface area contributed by atoms with Gasteiger partial charge in [-0.2, -0.15) is 0 Å². The summed E-state index contributed by atoms with van der Waals surface area (Å²) in [5.74, 6) is 0. The molecule has 10 aromatic rings. The van der Waals surface area contributed by atoms with Crippen LogP contribution in [0.3, 0.4) is 0 Å². The van der Waals surface area contributed by atoms with Crippen LogP contribution in [0.4, 0.5) is 51.2 Å². The number of anilines is 9. The molecule has 0 bridgehead atoms. The van der Waals surface area contributed by atoms with Gasteiger partial charge in [-0.3, -0.25) is 0 Å². The van der Waals surface area contributed by atoms with Crippen LogP contribution in [0.5, 0.6) is 0 Å². The van der Waals surface area contributed by atoms with E-state index in [9.17, 15) is 0 Å². The number of aryl methyl sites for hydroxylation is 1. The van der Waals surface area contributed by atoms with Gasteiger partial charge in [0.1, 0.15) is 0 Å². The van der Waals surface area contributed by atoms with Crippen LogP contribution < -0.4 is 14.7 Å². The normalized spacial score (nSPS) is 12.4. The summed E-state index contributed by atoms with van der Waals surface area (Å²) in [6.07, 6.45) is 0. The van der Waals surface area contributed by atoms with E-state index in [1.807, 2.05) is 0 Å². The minimum Gasteiger partial charge on any atom is -0.310 e. The van der Waals surface area contributed by atoms with Crippen molar-refractivity contribution in [3.05, 3.63) is 259 Å². The van der Waals surface area contributed by atoms with Crippen molar-refractivity contribution in [3.8, 4) is 22.3 Å². The fraction of sp³-hybridized carbons (Fsp3) is 0.0645. The second-order valence-electron chi connectivity index (χ2n) is 17.5. The Bertz CT molecular complexity index is 3130. The molecule has 1 aliphatic carbocycles. The molecule has 1 aliphatic rings. The molecular weight excluding hydrogens is 787 g/mol. The van der Waals surface area contributed by atoms with E-state index in [-0.39, 0.29) is 5.41 Å². The maximum atomic E-state index is 2.46. The highest BCUT2D eigenvalue weighted by molar-refractivity contribution is 5.93. The molecule has 11 rings (SSSR count). The van der Waals surface area contributed by atoms with Gasteiger partial charge in [-0.1, -0.05) is 159 Å². The lowest BCUT2D eigenvalue weighted by molar-refractivity contribution is 0.660. The zero-order valence-electron chi connectivity index (χ0n) is 36.9. The van der Waals surface area contributed by atoms with Crippen LogP contribution in [0.15, 0.2) is 243 Å². The summed E-state index contributed by atoms with van der Waals surface area (Å²) in [5, 5.41) is 2.46. The van der Waals surface area contributed by atoms with Crippen LogP contribution >= 0.6 is 0 Å². The minimum atomic E-state index is -0.187. The predicted molar refractivity (Wildman–Crippen MR) is 276 cm³/mol. The van der Waals surface area contributed by atoms with Gasteiger partial charge in [-0.05, 0) is 154 Å². The fourth-order valence-corrected chi connectivity index (χ4v) is 9.91. The number of fused-ring (bicyclic) bond motifs is 4. The van der Waals surface area contributed by atoms with E-state index >= 15 is 0 Å². The Balaban J connectivity index is 1.19. The fourth-order valence-electron chi connectivity index (χ4n) is 9.91. The maximum absolute atomic E-state index is 2.46. The summed E-state index contributed by atoms with van der Waals surface area (Å²) in [6, 6.07) is 88.2. The van der Waals surface area contributed by atoms with Gasteiger partial charge in [0.15, 0.2) is 0 Å². The summed E-state index contributed by atoms with van der Waals surface area (Å²) in [4.78, 5) is 7.21. The first-order chi connectivity index (χ1) is 31.9. The zero-order chi connectivity index (χ0) is 43.9. The smallest absolute Gasteiger partial charge is 0.0503 e. The minimum absolute atomic E-state index is 0.187. The van der Waals surface area contributed by atoms with Gasteiger partial charge in [0.25, 0.3) is 0 Å². The zero-order valence-corrected chi connectivity index (χ0v) is 36.9. The van der Waals surface area contributed by atoms with Crippen molar-refractivity contribution in [2.45, 2.75) is 26.2 Å². The van der Waals surface area contributed by atoms with Crippen molar-refractivity contribution in [1.82, 2.24) is 0 Å². The first kappa shape index (κ1) is 39.7. The third-order valence-electron chi connectivity index (χ3n) is 13.1. The summed E-state index contributed by atoms with van der Waals surface area (Å²) >= 11 is 0. The van der Waals surface area contributed by atoms with Gasteiger partial charge in [0, 0.05) is 39.5 Å². The summed E-state index contributed by atoms with van der Waals surface area (Å²) in [7, 11) is 0. The molecule has 0 N–H and O–H groups in total. The second-order valence-corrected chi connectivity index (χ2v) is 17.5. The highest BCUT2D eigenvalue weighted by Crippen LogP contribution is 2.53. The molecule has 0 fully saturated rings. The number of nitrogens with zero attached hydrogens (tertiary/aromatic N) is 3. The molecule has 0 saturated heterocycles. The molecule has 3 heteroatoms. The van der Waals surface area contributed by atoms with Crippen molar-refractivity contribution >= 4 is 62.0 Å². The number of rotatable bonds is 10. The Hall–Kier alpha value is -8.14. The average molecular weight is 836 g/mol. The summed E-state index contributed by atoms with van der Waals surface area (Å²) in [5.41, 5.74) is 18.4. The standard InChI is InChI=1S/C62H49N3/c1-44-20-18-33-59-61(44)58-37-36-54(43-60(58)62(59,2)3)65(53-32-19-23-47(39-53)48-35-34-45-21-16-17-22-46(45)38-48)57-41-55(63(49-24-8-4-9-25-49)50-26-10-5-11-27-50)40-56(42-57)64(51-28-12-6-13-29-51)52-30-14-7-15-31-52/h4-43H,1-3H3. The van der Waals surface area contributed by atoms with Gasteiger partial charge >= 0.3 is 0 Å². The first-order valence-corrected chi connectivity index (χ1v) is 22.5. The van der Waals surface area contributed by atoms with Gasteiger partial charge < -0.3 is 14.7 Å². The summed E-state index contributed by atoms with van der Waals surface area (Å²) < 4.78 is 0. The molecule has 65 heavy (non-hydrogen) atoms. The van der Waals surface area contributed by atoms with E-state index in [4.69, 9.17) is 0 Å². The molecule has 3 nitrogen and oxygen atoms in total. The molecule has 0 atom stereocenters. The van der Waals surface area contributed by atoms with Crippen LogP contribution in [0.25, 0.3) is 33.0 Å². The van der Waals surface area contributed by atoms with Crippen LogP contribution in [0.1, 0.15) is 30.5 Å². The van der Waals surface area contributed by atoms with Crippen LogP contribution in [-0.2, 0) is 5.41 Å². The highest BCUT2D eigenvalue weighted by atomic mass is 15.2. The van der Waals surface area contributed by atoms with E-state index in [0.717, 1.165) is 56.7 Å². The summed E-state index contributed by atoms with van der Waals surface area (Å²) in [6.45, 7) is 6.99. The SMILES string of the molecule is Cc1cccc2c1-c1ccc(N(c3cccc(-c4ccc5ccccc5c4)c3)c3cc(N(c4ccccc4)c4ccccc4)cc(N(c4ccccc4)c4ccccc4)c3)cc1C2(C)C. The van der Waals surface area contributed by atoms with E-state index in [1.165, 1.54) is 44.2 Å². The lowest BCUT2D eigenvalue weighted by Crippen LogP contribution is -2.18. The quantitative estimate of drug-likeness (QED) is 0.136. The Morgan fingerprint density at radius 3 is 1.29 bits per heavy atom. The number of para-hydroxylation sites is 4. The molecule has 0 radical (unpaired) electrons. The average Bonchev–Trinajstić information content (AvgIpc) is 3.59. The van der Waals surface area contributed by atoms with Crippen molar-refractivity contribution in [3.63, 3.8) is 0 Å². The molecule has 0 amide bonds. The highest BCUT2D eigenvalue weighted by Gasteiger charge is 2.37. The van der Waals surface area contributed by atoms with Gasteiger partial charge in [0.05, 0.1) is 17.1 Å². The Kier molecular flexibility index (Phi) is 10.1. The van der Waals surface area contributed by atoms with Crippen molar-refractivity contribution < 1.29 is 0 Å². The van der Waals surface area contributed by atoms with Crippen LogP contribution in [0.2, 0.25) is 0 Å². The lowest BCUT2D eigenvalue weighted by Gasteiger charge is -2.33. The van der Waals surface area contributed by atoms with E-state index < -0.39 is 0 Å². The third-order valence-corrected chi connectivity index (χ3v) is 13.1. The van der Waals surface area contributed by atoms with Crippen LogP contribution in [0, 0.1) is 6.92 Å². The number of benzene rings is 10. The molecule has 0 aromatic heterocycles. The predicted octanol–water partition coefficient (Wildman–Crippen LogP) is 17.5. The van der Waals surface area contributed by atoms with E-state index in [2.05, 4.69) is 278 Å². The van der Waals surface area contributed by atoms with Gasteiger partial charge in [0.2, 0.25) is 0 Å². The Morgan fingerprint density at radius 2 is 0.738 bits per heavy atom. The molecule has 0 heterocycles. The topological polar surface area (TPSA) is 9.72 Å². The van der Waals surface area contributed by atoms with E-state index in [0.29, 0.717) is 0 Å². The molecule has 312 valence electrons. The molecular formula is C62H49N3. The van der Waals surface area contributed by atoms with Crippen molar-refractivity contribution in [2.75, 3.05) is 14.7 Å². The number of hydrogen-bond donors (Lipinski definition) is 0. The van der Waals surface area contributed by atoms with E-state index in [1.54, 1.807) is 0 Å².